The number of rotatable bonds is 5. The molecule has 2 rings (SSSR count). The Balaban J connectivity index is 2.11. The molecule has 0 saturated heterocycles. The van der Waals surface area contributed by atoms with Gasteiger partial charge in [0.1, 0.15) is 12.4 Å². The van der Waals surface area contributed by atoms with Gasteiger partial charge in [-0.05, 0) is 29.8 Å². The van der Waals surface area contributed by atoms with Crippen LogP contribution in [0.15, 0.2) is 42.5 Å². The number of aldehydes is 1. The molecule has 0 saturated carbocycles. The molecule has 0 atom stereocenters. The van der Waals surface area contributed by atoms with Crippen molar-refractivity contribution >= 4 is 12.0 Å². The first kappa shape index (κ1) is 14.2. The SMILES string of the molecule is N#Cc1ccc(COc2ccc([N+](=O)[O-])c(C=O)c2)cc1. The molecule has 0 unspecified atom stereocenters. The van der Waals surface area contributed by atoms with Crippen LogP contribution >= 0.6 is 0 Å². The predicted molar refractivity (Wildman–Crippen MR) is 74.0 cm³/mol. The number of nitro groups is 1. The van der Waals surface area contributed by atoms with Crippen LogP contribution < -0.4 is 4.74 Å². The van der Waals surface area contributed by atoms with Crippen molar-refractivity contribution in [1.82, 2.24) is 0 Å². The Bertz CT molecular complexity index is 717. The molecule has 104 valence electrons. The number of benzene rings is 2. The second-order valence-electron chi connectivity index (χ2n) is 4.19. The Hall–Kier alpha value is -3.20. The van der Waals surface area contributed by atoms with Gasteiger partial charge in [0.25, 0.3) is 5.69 Å². The first-order valence-electron chi connectivity index (χ1n) is 5.99. The van der Waals surface area contributed by atoms with Gasteiger partial charge in [0, 0.05) is 6.07 Å². The largest absolute Gasteiger partial charge is 0.489 e. The molecule has 6 nitrogen and oxygen atoms in total. The number of nitriles is 1. The van der Waals surface area contributed by atoms with E-state index >= 15 is 0 Å². The number of nitro benzene ring substituents is 1. The highest BCUT2D eigenvalue weighted by molar-refractivity contribution is 5.82. The van der Waals surface area contributed by atoms with Crippen LogP contribution in [-0.4, -0.2) is 11.2 Å². The van der Waals surface area contributed by atoms with Crippen LogP contribution in [0.1, 0.15) is 21.5 Å². The Labute approximate surface area is 120 Å². The van der Waals surface area contributed by atoms with Crippen molar-refractivity contribution in [2.45, 2.75) is 6.61 Å². The maximum Gasteiger partial charge on any atom is 0.280 e. The Morgan fingerprint density at radius 1 is 1.24 bits per heavy atom. The summed E-state index contributed by atoms with van der Waals surface area (Å²) in [6, 6.07) is 12.9. The van der Waals surface area contributed by atoms with E-state index in [1.807, 2.05) is 6.07 Å². The number of carbonyl (C=O) groups excluding carboxylic acids is 1. The fourth-order valence-corrected chi connectivity index (χ4v) is 1.73. The number of ether oxygens (including phenoxy) is 1. The van der Waals surface area contributed by atoms with E-state index in [2.05, 4.69) is 0 Å². The lowest BCUT2D eigenvalue weighted by atomic mass is 10.1. The standard InChI is InChI=1S/C15H10N2O4/c16-8-11-1-3-12(4-2-11)10-21-14-5-6-15(17(19)20)13(7-14)9-18/h1-7,9H,10H2. The van der Waals surface area contributed by atoms with E-state index in [0.717, 1.165) is 5.56 Å². The van der Waals surface area contributed by atoms with E-state index in [-0.39, 0.29) is 17.9 Å². The molecule has 0 heterocycles. The summed E-state index contributed by atoms with van der Waals surface area (Å²) in [4.78, 5) is 20.9. The lowest BCUT2D eigenvalue weighted by Crippen LogP contribution is -1.98. The average molecular weight is 282 g/mol. The van der Waals surface area contributed by atoms with Crippen LogP contribution in [-0.2, 0) is 6.61 Å². The monoisotopic (exact) mass is 282 g/mol. The van der Waals surface area contributed by atoms with Crippen molar-refractivity contribution in [2.75, 3.05) is 0 Å². The maximum atomic E-state index is 10.8. The van der Waals surface area contributed by atoms with Crippen LogP contribution in [0.2, 0.25) is 0 Å². The third-order valence-corrected chi connectivity index (χ3v) is 2.81. The average Bonchev–Trinajstić information content (AvgIpc) is 2.52. The number of nitrogens with zero attached hydrogens (tertiary/aromatic N) is 2. The Morgan fingerprint density at radius 2 is 1.95 bits per heavy atom. The van der Waals surface area contributed by atoms with Crippen molar-refractivity contribution in [2.24, 2.45) is 0 Å². The summed E-state index contributed by atoms with van der Waals surface area (Å²) < 4.78 is 5.48. The van der Waals surface area contributed by atoms with Gasteiger partial charge < -0.3 is 4.74 Å². The number of hydrogen-bond acceptors (Lipinski definition) is 5. The third kappa shape index (κ3) is 3.42. The van der Waals surface area contributed by atoms with Crippen molar-refractivity contribution < 1.29 is 14.5 Å². The van der Waals surface area contributed by atoms with E-state index in [1.54, 1.807) is 24.3 Å². The van der Waals surface area contributed by atoms with Gasteiger partial charge >= 0.3 is 0 Å². The lowest BCUT2D eigenvalue weighted by molar-refractivity contribution is -0.385. The molecular weight excluding hydrogens is 272 g/mol. The fourth-order valence-electron chi connectivity index (χ4n) is 1.73. The summed E-state index contributed by atoms with van der Waals surface area (Å²) in [6.45, 7) is 0.238. The maximum absolute atomic E-state index is 10.8. The summed E-state index contributed by atoms with van der Waals surface area (Å²) in [6.07, 6.45) is 0.423. The molecule has 0 radical (unpaired) electrons. The summed E-state index contributed by atoms with van der Waals surface area (Å²) >= 11 is 0. The van der Waals surface area contributed by atoms with E-state index in [0.29, 0.717) is 17.6 Å². The molecule has 0 bridgehead atoms. The summed E-state index contributed by atoms with van der Waals surface area (Å²) in [5.74, 6) is 0.368. The van der Waals surface area contributed by atoms with Gasteiger partial charge in [-0.1, -0.05) is 12.1 Å². The van der Waals surface area contributed by atoms with Gasteiger partial charge in [0.15, 0.2) is 6.29 Å². The topological polar surface area (TPSA) is 93.2 Å². The van der Waals surface area contributed by atoms with Crippen LogP contribution in [0.25, 0.3) is 0 Å². The fraction of sp³-hybridized carbons (Fsp3) is 0.0667. The van der Waals surface area contributed by atoms with Crippen molar-refractivity contribution in [3.8, 4) is 11.8 Å². The molecule has 0 aliphatic carbocycles. The molecule has 0 amide bonds. The first-order valence-corrected chi connectivity index (χ1v) is 5.99. The molecule has 2 aromatic carbocycles. The second kappa shape index (κ2) is 6.30. The van der Waals surface area contributed by atoms with E-state index in [9.17, 15) is 14.9 Å². The van der Waals surface area contributed by atoms with Crippen molar-refractivity contribution in [3.63, 3.8) is 0 Å². The van der Waals surface area contributed by atoms with Crippen molar-refractivity contribution in [3.05, 3.63) is 69.3 Å². The Morgan fingerprint density at radius 3 is 2.52 bits per heavy atom. The third-order valence-electron chi connectivity index (χ3n) is 2.81. The van der Waals surface area contributed by atoms with Crippen LogP contribution in [0.3, 0.4) is 0 Å². The smallest absolute Gasteiger partial charge is 0.280 e. The van der Waals surface area contributed by atoms with Crippen molar-refractivity contribution in [1.29, 1.82) is 5.26 Å². The minimum Gasteiger partial charge on any atom is -0.489 e. The molecule has 0 aliphatic rings. The quantitative estimate of drug-likeness (QED) is 0.477. The summed E-state index contributed by atoms with van der Waals surface area (Å²) in [5.41, 5.74) is 1.12. The van der Waals surface area contributed by atoms with Gasteiger partial charge in [0.2, 0.25) is 0 Å². The molecule has 0 spiro atoms. The molecule has 0 fully saturated rings. The molecule has 0 aliphatic heterocycles. The summed E-state index contributed by atoms with van der Waals surface area (Å²) in [5, 5.41) is 19.4. The highest BCUT2D eigenvalue weighted by Gasteiger charge is 2.13. The zero-order valence-electron chi connectivity index (χ0n) is 10.9. The van der Waals surface area contributed by atoms with Crippen LogP contribution in [0, 0.1) is 21.4 Å². The zero-order chi connectivity index (χ0) is 15.2. The minimum absolute atomic E-state index is 0.0303. The molecule has 6 heteroatoms. The number of hydrogen-bond donors (Lipinski definition) is 0. The van der Waals surface area contributed by atoms with Gasteiger partial charge in [-0.3, -0.25) is 14.9 Å². The van der Waals surface area contributed by atoms with Crippen LogP contribution in [0.4, 0.5) is 5.69 Å². The minimum atomic E-state index is -0.617. The van der Waals surface area contributed by atoms with E-state index in [4.69, 9.17) is 10.00 Å². The van der Waals surface area contributed by atoms with Gasteiger partial charge in [-0.2, -0.15) is 5.26 Å². The highest BCUT2D eigenvalue weighted by Crippen LogP contribution is 2.23. The van der Waals surface area contributed by atoms with E-state index in [1.165, 1.54) is 18.2 Å². The normalized spacial score (nSPS) is 9.67. The number of carbonyl (C=O) groups is 1. The van der Waals surface area contributed by atoms with Gasteiger partial charge in [-0.15, -0.1) is 0 Å². The molecular formula is C15H10N2O4. The molecule has 21 heavy (non-hydrogen) atoms. The highest BCUT2D eigenvalue weighted by atomic mass is 16.6. The predicted octanol–water partition coefficient (Wildman–Crippen LogP) is 2.86. The van der Waals surface area contributed by atoms with Gasteiger partial charge in [0.05, 0.1) is 22.1 Å². The summed E-state index contributed by atoms with van der Waals surface area (Å²) in [7, 11) is 0. The molecule has 0 aromatic heterocycles. The zero-order valence-corrected chi connectivity index (χ0v) is 10.9. The molecule has 2 aromatic rings. The Kier molecular flexibility index (Phi) is 4.26. The van der Waals surface area contributed by atoms with Crippen LogP contribution in [0.5, 0.6) is 5.75 Å². The molecule has 0 N–H and O–H groups in total. The van der Waals surface area contributed by atoms with E-state index < -0.39 is 4.92 Å². The second-order valence-corrected chi connectivity index (χ2v) is 4.19. The first-order chi connectivity index (χ1) is 10.1. The van der Waals surface area contributed by atoms with Gasteiger partial charge in [-0.25, -0.2) is 0 Å². The lowest BCUT2D eigenvalue weighted by Gasteiger charge is -2.07.